The molecule has 2 rings (SSSR count). The van der Waals surface area contributed by atoms with E-state index in [1.165, 1.54) is 4.90 Å². The largest absolute Gasteiger partial charge is 0.481 e. The first-order valence-corrected chi connectivity index (χ1v) is 6.92. The van der Waals surface area contributed by atoms with E-state index in [1.54, 1.807) is 19.2 Å². The van der Waals surface area contributed by atoms with Gasteiger partial charge in [0.1, 0.15) is 5.92 Å². The van der Waals surface area contributed by atoms with Crippen LogP contribution in [0.15, 0.2) is 24.3 Å². The van der Waals surface area contributed by atoms with Gasteiger partial charge in [0.2, 0.25) is 0 Å². The van der Waals surface area contributed by atoms with E-state index in [-0.39, 0.29) is 19.1 Å². The highest BCUT2D eigenvalue weighted by Crippen LogP contribution is 2.21. The molecule has 1 aliphatic rings. The van der Waals surface area contributed by atoms with Crippen LogP contribution in [0.2, 0.25) is 0 Å². The van der Waals surface area contributed by atoms with Crippen LogP contribution >= 0.6 is 22.6 Å². The quantitative estimate of drug-likeness (QED) is 0.813. The number of hydrogen-bond donors (Lipinski definition) is 1. The van der Waals surface area contributed by atoms with Crippen molar-refractivity contribution >= 4 is 34.5 Å². The molecule has 0 aliphatic carbocycles. The van der Waals surface area contributed by atoms with Crippen LogP contribution in [0.25, 0.3) is 0 Å². The van der Waals surface area contributed by atoms with Gasteiger partial charge in [-0.1, -0.05) is 6.07 Å². The van der Waals surface area contributed by atoms with Gasteiger partial charge < -0.3 is 14.7 Å². The normalized spacial score (nSPS) is 22.2. The maximum atomic E-state index is 12.3. The summed E-state index contributed by atoms with van der Waals surface area (Å²) in [7, 11) is 1.62. The molecule has 1 aromatic rings. The summed E-state index contributed by atoms with van der Waals surface area (Å²) in [4.78, 5) is 24.9. The molecule has 19 heavy (non-hydrogen) atoms. The fourth-order valence-electron chi connectivity index (χ4n) is 2.14. The number of benzene rings is 1. The lowest BCUT2D eigenvalue weighted by molar-refractivity contribution is -0.142. The number of ether oxygens (including phenoxy) is 1. The van der Waals surface area contributed by atoms with Crippen molar-refractivity contribution in [2.45, 2.75) is 6.04 Å². The highest BCUT2D eigenvalue weighted by molar-refractivity contribution is 14.1. The van der Waals surface area contributed by atoms with Crippen LogP contribution in [0.5, 0.6) is 0 Å². The second kappa shape index (κ2) is 5.87. The predicted molar refractivity (Wildman–Crippen MR) is 77.0 cm³/mol. The highest BCUT2D eigenvalue weighted by Gasteiger charge is 2.38. The Kier molecular flexibility index (Phi) is 4.41. The summed E-state index contributed by atoms with van der Waals surface area (Å²) in [5, 5.41) is 9.11. The summed E-state index contributed by atoms with van der Waals surface area (Å²) in [6.45, 7) is 0.424. The van der Waals surface area contributed by atoms with Gasteiger partial charge in [-0.05, 0) is 40.8 Å². The lowest BCUT2D eigenvalue weighted by Gasteiger charge is -2.26. The minimum atomic E-state index is -0.926. The van der Waals surface area contributed by atoms with Gasteiger partial charge in [0.15, 0.2) is 0 Å². The molecule has 1 aromatic carbocycles. The first kappa shape index (κ1) is 14.3. The third kappa shape index (κ3) is 3.06. The molecule has 102 valence electrons. The van der Waals surface area contributed by atoms with Gasteiger partial charge in [-0.25, -0.2) is 0 Å². The minimum absolute atomic E-state index is 0.157. The van der Waals surface area contributed by atoms with Crippen molar-refractivity contribution in [2.75, 3.05) is 20.3 Å². The molecule has 1 N–H and O–H groups in total. The fraction of sp³-hybridized carbons (Fsp3) is 0.385. The van der Waals surface area contributed by atoms with E-state index in [2.05, 4.69) is 22.6 Å². The van der Waals surface area contributed by atoms with E-state index in [0.29, 0.717) is 5.56 Å². The van der Waals surface area contributed by atoms with Gasteiger partial charge in [-0.15, -0.1) is 0 Å². The van der Waals surface area contributed by atoms with Crippen molar-refractivity contribution < 1.29 is 19.4 Å². The zero-order valence-corrected chi connectivity index (χ0v) is 12.5. The molecular weight excluding hydrogens is 361 g/mol. The molecule has 0 aromatic heterocycles. The molecule has 2 atom stereocenters. The van der Waals surface area contributed by atoms with E-state index in [0.717, 1.165) is 3.57 Å². The van der Waals surface area contributed by atoms with Crippen LogP contribution in [0, 0.1) is 9.49 Å². The summed E-state index contributed by atoms with van der Waals surface area (Å²) in [5.41, 5.74) is 0.561. The monoisotopic (exact) mass is 375 g/mol. The van der Waals surface area contributed by atoms with E-state index in [9.17, 15) is 9.59 Å². The van der Waals surface area contributed by atoms with Crippen LogP contribution in [0.1, 0.15) is 10.4 Å². The van der Waals surface area contributed by atoms with Gasteiger partial charge in [0, 0.05) is 16.2 Å². The van der Waals surface area contributed by atoms with Crippen molar-refractivity contribution in [3.8, 4) is 0 Å². The van der Waals surface area contributed by atoms with Gasteiger partial charge in [-0.3, -0.25) is 9.59 Å². The lowest BCUT2D eigenvalue weighted by atomic mass is 10.0. The average Bonchev–Trinajstić information content (AvgIpc) is 2.86. The number of carboxylic acids is 1. The van der Waals surface area contributed by atoms with Crippen molar-refractivity contribution in [1.82, 2.24) is 4.90 Å². The Morgan fingerprint density at radius 1 is 1.42 bits per heavy atom. The van der Waals surface area contributed by atoms with Crippen LogP contribution in [0.4, 0.5) is 0 Å². The number of halogens is 1. The number of carboxylic acid groups (broad SMARTS) is 1. The smallest absolute Gasteiger partial charge is 0.311 e. The van der Waals surface area contributed by atoms with Crippen molar-refractivity contribution in [3.05, 3.63) is 33.4 Å². The van der Waals surface area contributed by atoms with Gasteiger partial charge >= 0.3 is 5.97 Å². The molecule has 1 heterocycles. The first-order chi connectivity index (χ1) is 9.00. The van der Waals surface area contributed by atoms with Gasteiger partial charge in [-0.2, -0.15) is 0 Å². The topological polar surface area (TPSA) is 66.8 Å². The minimum Gasteiger partial charge on any atom is -0.481 e. The fourth-order valence-corrected chi connectivity index (χ4v) is 2.68. The number of carbonyl (C=O) groups excluding carboxylic acids is 1. The highest BCUT2D eigenvalue weighted by atomic mass is 127. The maximum Gasteiger partial charge on any atom is 0.311 e. The third-order valence-electron chi connectivity index (χ3n) is 3.26. The maximum absolute atomic E-state index is 12.3. The number of likely N-dealkylation sites (N-methyl/N-ethyl adjacent to an activating group) is 1. The number of rotatable bonds is 3. The first-order valence-electron chi connectivity index (χ1n) is 5.84. The number of amides is 1. The van der Waals surface area contributed by atoms with Crippen LogP contribution < -0.4 is 0 Å². The summed E-state index contributed by atoms with van der Waals surface area (Å²) in [6, 6.07) is 6.80. The predicted octanol–water partition coefficient (Wildman–Crippen LogP) is 1.46. The molecule has 2 unspecified atom stereocenters. The lowest BCUT2D eigenvalue weighted by Crippen LogP contribution is -2.44. The molecular formula is C13H14INO4. The van der Waals surface area contributed by atoms with E-state index >= 15 is 0 Å². The molecule has 5 nitrogen and oxygen atoms in total. The van der Waals surface area contributed by atoms with Crippen LogP contribution in [-0.2, 0) is 9.53 Å². The van der Waals surface area contributed by atoms with E-state index < -0.39 is 17.9 Å². The number of nitrogens with zero attached hydrogens (tertiary/aromatic N) is 1. The Balaban J connectivity index is 2.17. The van der Waals surface area contributed by atoms with Crippen LogP contribution in [-0.4, -0.2) is 48.2 Å². The number of carbonyl (C=O) groups is 2. The molecule has 0 radical (unpaired) electrons. The average molecular weight is 375 g/mol. The molecule has 0 spiro atoms. The van der Waals surface area contributed by atoms with Crippen molar-refractivity contribution in [2.24, 2.45) is 5.92 Å². The Bertz CT molecular complexity index is 505. The molecule has 0 bridgehead atoms. The second-order valence-electron chi connectivity index (χ2n) is 4.48. The van der Waals surface area contributed by atoms with E-state index in [4.69, 9.17) is 9.84 Å². The third-order valence-corrected chi connectivity index (χ3v) is 3.93. The summed E-state index contributed by atoms with van der Waals surface area (Å²) < 4.78 is 6.15. The van der Waals surface area contributed by atoms with E-state index in [1.807, 2.05) is 12.1 Å². The second-order valence-corrected chi connectivity index (χ2v) is 5.72. The molecule has 1 fully saturated rings. The van der Waals surface area contributed by atoms with Gasteiger partial charge in [0.05, 0.1) is 19.3 Å². The SMILES string of the molecule is CN(C(=O)c1cccc(I)c1)C1COCC1C(=O)O. The summed E-state index contributed by atoms with van der Waals surface area (Å²) >= 11 is 2.14. The Morgan fingerprint density at radius 3 is 2.79 bits per heavy atom. The Hall–Kier alpha value is -1.15. The van der Waals surface area contributed by atoms with Crippen molar-refractivity contribution in [1.29, 1.82) is 0 Å². The zero-order valence-electron chi connectivity index (χ0n) is 10.4. The zero-order chi connectivity index (χ0) is 14.0. The van der Waals surface area contributed by atoms with Crippen molar-refractivity contribution in [3.63, 3.8) is 0 Å². The summed E-state index contributed by atoms with van der Waals surface area (Å²) in [6.07, 6.45) is 0. The van der Waals surface area contributed by atoms with Gasteiger partial charge in [0.25, 0.3) is 5.91 Å². The number of aliphatic carboxylic acids is 1. The molecule has 1 saturated heterocycles. The molecule has 1 aliphatic heterocycles. The molecule has 0 saturated carbocycles. The number of hydrogen-bond acceptors (Lipinski definition) is 3. The molecule has 6 heteroatoms. The Labute approximate surface area is 124 Å². The molecule has 1 amide bonds. The Morgan fingerprint density at radius 2 is 2.16 bits per heavy atom. The van der Waals surface area contributed by atoms with Crippen LogP contribution in [0.3, 0.4) is 0 Å². The summed E-state index contributed by atoms with van der Waals surface area (Å²) in [5.74, 6) is -1.76. The standard InChI is InChI=1S/C13H14INO4/c1-15(11-7-19-6-10(11)13(17)18)12(16)8-3-2-4-9(14)5-8/h2-5,10-11H,6-7H2,1H3,(H,17,18).